The van der Waals surface area contributed by atoms with E-state index in [9.17, 15) is 0 Å². The van der Waals surface area contributed by atoms with Gasteiger partial charge in [0.2, 0.25) is 0 Å². The minimum absolute atomic E-state index is 0.837. The highest BCUT2D eigenvalue weighted by atomic mass is 32.1. The second kappa shape index (κ2) is 13.7. The molecule has 0 N–H and O–H groups in total. The largest absolute Gasteiger partial charge is 0.309 e. The maximum atomic E-state index is 4.63. The zero-order valence-corrected chi connectivity index (χ0v) is 33.2. The smallest absolute Gasteiger partial charge is 0.0919 e. The molecule has 4 nitrogen and oxygen atoms in total. The summed E-state index contributed by atoms with van der Waals surface area (Å²) in [6, 6.07) is 64.6. The monoisotopic (exact) mass is 788 g/mol. The summed E-state index contributed by atoms with van der Waals surface area (Å²) in [5, 5.41) is 14.0. The van der Waals surface area contributed by atoms with Crippen molar-refractivity contribution >= 4 is 75.6 Å². The number of hydrogen-bond acceptors (Lipinski definition) is 5. The lowest BCUT2D eigenvalue weighted by molar-refractivity contribution is 1.04. The Balaban J connectivity index is 0.990. The summed E-state index contributed by atoms with van der Waals surface area (Å²) in [5.74, 6) is 0. The Morgan fingerprint density at radius 3 is 1.42 bits per heavy atom. The molecule has 0 saturated heterocycles. The van der Waals surface area contributed by atoms with Crippen LogP contribution in [0.3, 0.4) is 0 Å². The molecule has 59 heavy (non-hydrogen) atoms. The van der Waals surface area contributed by atoms with Crippen LogP contribution in [0.5, 0.6) is 0 Å². The van der Waals surface area contributed by atoms with Crippen molar-refractivity contribution in [2.45, 2.75) is 0 Å². The molecular formula is C53H32N4S2. The van der Waals surface area contributed by atoms with Crippen LogP contribution in [0.2, 0.25) is 0 Å². The number of thiophene rings is 2. The predicted molar refractivity (Wildman–Crippen MR) is 250 cm³/mol. The van der Waals surface area contributed by atoms with Crippen LogP contribution in [0.4, 0.5) is 0 Å². The maximum absolute atomic E-state index is 4.63. The van der Waals surface area contributed by atoms with E-state index in [1.165, 1.54) is 85.1 Å². The van der Waals surface area contributed by atoms with Gasteiger partial charge in [0, 0.05) is 52.8 Å². The zero-order chi connectivity index (χ0) is 38.9. The van der Waals surface area contributed by atoms with Crippen LogP contribution in [-0.4, -0.2) is 19.7 Å². The summed E-state index contributed by atoms with van der Waals surface area (Å²) in [7, 11) is 0. The van der Waals surface area contributed by atoms with Gasteiger partial charge in [0.15, 0.2) is 0 Å². The summed E-state index contributed by atoms with van der Waals surface area (Å²) in [6.45, 7) is 0. The van der Waals surface area contributed by atoms with E-state index in [1.807, 2.05) is 28.9 Å². The van der Waals surface area contributed by atoms with Crippen molar-refractivity contribution < 1.29 is 0 Å². The molecule has 0 unspecified atom stereocenters. The molecule has 12 rings (SSSR count). The molecule has 0 saturated carbocycles. The highest BCUT2D eigenvalue weighted by Gasteiger charge is 2.16. The first kappa shape index (κ1) is 33.8. The molecule has 0 atom stereocenters. The van der Waals surface area contributed by atoms with E-state index in [2.05, 4.69) is 196 Å². The van der Waals surface area contributed by atoms with Crippen LogP contribution in [0.1, 0.15) is 0 Å². The number of fused-ring (bicyclic) bond motifs is 6. The van der Waals surface area contributed by atoms with E-state index >= 15 is 0 Å². The maximum Gasteiger partial charge on any atom is 0.0919 e. The molecule has 0 radical (unpaired) electrons. The second-order valence-electron chi connectivity index (χ2n) is 15.0. The standard InChI is InChI=1S/C53H32N4S2/c1-3-7-34(8-4-1)52-28-40-23-36(15-21-50(40)58-52)38-13-19-48-45(26-38)46-27-39(37-16-22-51-41(24-37)29-53(59-51)35-9-5-2-6-10-35)14-20-49(46)57(48)44-17-11-33(12-18-44)42-25-43-31-55-56-32-47(43)54-30-42/h1-32H. The Morgan fingerprint density at radius 1 is 0.356 bits per heavy atom. The van der Waals surface area contributed by atoms with Gasteiger partial charge >= 0.3 is 0 Å². The first-order chi connectivity index (χ1) is 29.2. The number of aromatic nitrogens is 4. The molecule has 0 spiro atoms. The number of pyridine rings is 1. The van der Waals surface area contributed by atoms with Crippen molar-refractivity contribution in [1.29, 1.82) is 0 Å². The highest BCUT2D eigenvalue weighted by molar-refractivity contribution is 7.22. The summed E-state index contributed by atoms with van der Waals surface area (Å²) >= 11 is 3.70. The normalized spacial score (nSPS) is 11.7. The van der Waals surface area contributed by atoms with Crippen molar-refractivity contribution in [3.05, 3.63) is 195 Å². The minimum Gasteiger partial charge on any atom is -0.309 e. The summed E-state index contributed by atoms with van der Waals surface area (Å²) in [5.41, 5.74) is 13.8. The van der Waals surface area contributed by atoms with Gasteiger partial charge in [0.25, 0.3) is 0 Å². The van der Waals surface area contributed by atoms with E-state index in [4.69, 9.17) is 0 Å². The third-order valence-corrected chi connectivity index (χ3v) is 13.8. The van der Waals surface area contributed by atoms with Crippen molar-refractivity contribution in [3.8, 4) is 59.9 Å². The van der Waals surface area contributed by atoms with Gasteiger partial charge in [-0.2, -0.15) is 10.2 Å². The SMILES string of the molecule is c1ccc(-c2cc3cc(-c4ccc5c(c4)c4cc(-c6ccc7sc(-c8ccccc8)cc7c6)ccc4n5-c4ccc(-c5cnc6cnncc6c5)cc4)ccc3s2)cc1. The molecular weight excluding hydrogens is 757 g/mol. The van der Waals surface area contributed by atoms with Gasteiger partial charge in [0.1, 0.15) is 0 Å². The van der Waals surface area contributed by atoms with E-state index in [1.54, 1.807) is 12.4 Å². The van der Waals surface area contributed by atoms with Crippen LogP contribution in [0.15, 0.2) is 195 Å². The lowest BCUT2D eigenvalue weighted by Gasteiger charge is -2.10. The minimum atomic E-state index is 0.837. The predicted octanol–water partition coefficient (Wildman–Crippen LogP) is 14.9. The first-order valence-electron chi connectivity index (χ1n) is 19.6. The Kier molecular flexibility index (Phi) is 7.86. The average Bonchev–Trinajstić information content (AvgIpc) is 4.03. The van der Waals surface area contributed by atoms with Gasteiger partial charge in [0.05, 0.1) is 28.9 Å². The van der Waals surface area contributed by atoms with Gasteiger partial charge in [-0.05, 0) is 129 Å². The van der Waals surface area contributed by atoms with Crippen molar-refractivity contribution in [2.24, 2.45) is 0 Å². The Morgan fingerprint density at radius 2 is 0.847 bits per heavy atom. The summed E-state index contributed by atoms with van der Waals surface area (Å²) < 4.78 is 4.99. The fourth-order valence-electron chi connectivity index (χ4n) is 8.44. The Hall–Kier alpha value is -7.25. The molecule has 276 valence electrons. The molecule has 0 aliphatic carbocycles. The molecule has 7 aromatic carbocycles. The van der Waals surface area contributed by atoms with Crippen LogP contribution >= 0.6 is 22.7 Å². The molecule has 0 bridgehead atoms. The number of hydrogen-bond donors (Lipinski definition) is 0. The lowest BCUT2D eigenvalue weighted by atomic mass is 9.99. The van der Waals surface area contributed by atoms with Crippen molar-refractivity contribution in [2.75, 3.05) is 0 Å². The number of benzene rings is 7. The molecule has 0 aliphatic heterocycles. The van der Waals surface area contributed by atoms with E-state index in [0.717, 1.165) is 27.7 Å². The third kappa shape index (κ3) is 5.92. The molecule has 5 heterocycles. The quantitative estimate of drug-likeness (QED) is 0.169. The van der Waals surface area contributed by atoms with Gasteiger partial charge < -0.3 is 4.57 Å². The first-order valence-corrected chi connectivity index (χ1v) is 21.3. The van der Waals surface area contributed by atoms with Crippen LogP contribution in [0, 0.1) is 0 Å². The van der Waals surface area contributed by atoms with E-state index < -0.39 is 0 Å². The van der Waals surface area contributed by atoms with Crippen molar-refractivity contribution in [3.63, 3.8) is 0 Å². The van der Waals surface area contributed by atoms with Gasteiger partial charge in [-0.15, -0.1) is 22.7 Å². The summed E-state index contributed by atoms with van der Waals surface area (Å²) in [6.07, 6.45) is 5.38. The van der Waals surface area contributed by atoms with Crippen molar-refractivity contribution in [1.82, 2.24) is 19.7 Å². The molecule has 0 fully saturated rings. The van der Waals surface area contributed by atoms with Gasteiger partial charge in [-0.25, -0.2) is 0 Å². The topological polar surface area (TPSA) is 43.6 Å². The highest BCUT2D eigenvalue weighted by Crippen LogP contribution is 2.41. The fourth-order valence-corrected chi connectivity index (χ4v) is 10.5. The Labute approximate surface area is 348 Å². The molecule has 6 heteroatoms. The van der Waals surface area contributed by atoms with E-state index in [-0.39, 0.29) is 0 Å². The molecule has 12 aromatic rings. The lowest BCUT2D eigenvalue weighted by Crippen LogP contribution is -1.94. The van der Waals surface area contributed by atoms with Crippen LogP contribution in [-0.2, 0) is 0 Å². The van der Waals surface area contributed by atoms with E-state index in [0.29, 0.717) is 0 Å². The average molecular weight is 789 g/mol. The number of rotatable bonds is 6. The molecule has 0 aliphatic rings. The fraction of sp³-hybridized carbons (Fsp3) is 0. The summed E-state index contributed by atoms with van der Waals surface area (Å²) in [4.78, 5) is 7.21. The Bertz CT molecular complexity index is 3370. The zero-order valence-electron chi connectivity index (χ0n) is 31.6. The molecule has 5 aromatic heterocycles. The van der Waals surface area contributed by atoms with Gasteiger partial charge in [-0.1, -0.05) is 97.1 Å². The van der Waals surface area contributed by atoms with Crippen LogP contribution in [0.25, 0.3) is 113 Å². The van der Waals surface area contributed by atoms with Gasteiger partial charge in [-0.3, -0.25) is 4.98 Å². The van der Waals surface area contributed by atoms with Crippen LogP contribution < -0.4 is 0 Å². The third-order valence-electron chi connectivity index (χ3n) is 11.4. The molecule has 0 amide bonds. The number of nitrogens with zero attached hydrogens (tertiary/aromatic N) is 4. The second-order valence-corrected chi connectivity index (χ2v) is 17.2.